The number of ether oxygens (including phenoxy) is 2. The number of piperazine rings is 1. The number of hydrogen-bond donors (Lipinski definition) is 3. The van der Waals surface area contributed by atoms with Crippen molar-refractivity contribution in [1.82, 2.24) is 20.2 Å². The molecule has 5 aliphatic heterocycles. The summed E-state index contributed by atoms with van der Waals surface area (Å²) in [5.41, 5.74) is -0.0172. The van der Waals surface area contributed by atoms with E-state index in [1.165, 1.54) is 6.07 Å². The minimum Gasteiger partial charge on any atom is -0.508 e. The maximum absolute atomic E-state index is 17.2. The number of anilines is 1. The molecule has 4 saturated heterocycles. The second-order valence-corrected chi connectivity index (χ2v) is 14.3. The summed E-state index contributed by atoms with van der Waals surface area (Å²) in [7, 11) is 0. The fourth-order valence-corrected chi connectivity index (χ4v) is 9.33. The van der Waals surface area contributed by atoms with Crippen LogP contribution in [0.3, 0.4) is 0 Å². The molecule has 48 heavy (non-hydrogen) atoms. The number of hydrogen-bond acceptors (Lipinski definition) is 9. The number of rotatable bonds is 6. The summed E-state index contributed by atoms with van der Waals surface area (Å²) in [5.74, 6) is -1.65. The number of aliphatic hydroxyl groups is 1. The first-order chi connectivity index (χ1) is 23.3. The maximum Gasteiger partial charge on any atom is 0.319 e. The molecule has 0 amide bonds. The van der Waals surface area contributed by atoms with E-state index in [2.05, 4.69) is 15.2 Å². The number of aryl methyl sites for hydroxylation is 1. The predicted molar refractivity (Wildman–Crippen MR) is 175 cm³/mol. The zero-order chi connectivity index (χ0) is 32.9. The molecule has 6 heterocycles. The van der Waals surface area contributed by atoms with Crippen molar-refractivity contribution in [2.24, 2.45) is 5.92 Å². The molecule has 6 atom stereocenters. The smallest absolute Gasteiger partial charge is 0.319 e. The number of aromatic hydroxyl groups is 1. The van der Waals surface area contributed by atoms with Gasteiger partial charge in [-0.25, -0.2) is 13.2 Å². The largest absolute Gasteiger partial charge is 0.508 e. The third-order valence-electron chi connectivity index (χ3n) is 11.4. The van der Waals surface area contributed by atoms with Crippen LogP contribution in [0.2, 0.25) is 0 Å². The Kier molecular flexibility index (Phi) is 6.97. The van der Waals surface area contributed by atoms with E-state index in [9.17, 15) is 14.6 Å². The van der Waals surface area contributed by atoms with Crippen molar-refractivity contribution in [2.75, 3.05) is 44.4 Å². The maximum atomic E-state index is 17.2. The number of phenols is 1. The van der Waals surface area contributed by atoms with E-state index in [4.69, 9.17) is 14.5 Å². The number of fused-ring (bicyclic) bond motifs is 7. The van der Waals surface area contributed by atoms with Gasteiger partial charge >= 0.3 is 6.01 Å². The molecule has 12 heteroatoms. The number of aromatic nitrogens is 2. The van der Waals surface area contributed by atoms with Gasteiger partial charge in [-0.05, 0) is 65.6 Å². The zero-order valence-corrected chi connectivity index (χ0v) is 26.7. The predicted octanol–water partition coefficient (Wildman–Crippen LogP) is 4.87. The van der Waals surface area contributed by atoms with Crippen LogP contribution in [-0.2, 0) is 6.42 Å². The Morgan fingerprint density at radius 2 is 1.96 bits per heavy atom. The zero-order valence-electron chi connectivity index (χ0n) is 26.7. The van der Waals surface area contributed by atoms with Crippen LogP contribution in [0.1, 0.15) is 38.2 Å². The Labute approximate surface area is 275 Å². The lowest BCUT2D eigenvalue weighted by Gasteiger charge is -2.40. The SMILES string of the molecule is CCc1cccc2cc(O)cc(-c3c(F)c4c5c(nc(OC[C@@]67C[C@@H](F)CN6C[C@@H](CO)C7)nc5c3F)N3CC5CCC(N5)C3CO4)c12. The molecule has 0 saturated carbocycles. The van der Waals surface area contributed by atoms with Crippen molar-refractivity contribution in [2.45, 2.75) is 68.9 Å². The van der Waals surface area contributed by atoms with Crippen molar-refractivity contribution in [3.63, 3.8) is 0 Å². The second-order valence-electron chi connectivity index (χ2n) is 14.3. The average Bonchev–Trinajstić information content (AvgIpc) is 3.68. The number of benzene rings is 3. The molecule has 0 spiro atoms. The van der Waals surface area contributed by atoms with E-state index in [-0.39, 0.29) is 96.4 Å². The van der Waals surface area contributed by atoms with Crippen LogP contribution in [0.5, 0.6) is 17.5 Å². The molecule has 9 nitrogen and oxygen atoms in total. The van der Waals surface area contributed by atoms with Gasteiger partial charge in [0.1, 0.15) is 36.5 Å². The summed E-state index contributed by atoms with van der Waals surface area (Å²) in [5, 5.41) is 25.7. The Balaban J connectivity index is 1.24. The summed E-state index contributed by atoms with van der Waals surface area (Å²) in [6, 6.07) is 8.59. The van der Waals surface area contributed by atoms with Gasteiger partial charge in [0.15, 0.2) is 17.4 Å². The van der Waals surface area contributed by atoms with E-state index in [0.717, 1.165) is 18.4 Å². The van der Waals surface area contributed by atoms with Crippen molar-refractivity contribution in [3.8, 4) is 28.6 Å². The highest BCUT2D eigenvalue weighted by molar-refractivity contribution is 6.05. The number of nitrogens with one attached hydrogen (secondary N) is 1. The summed E-state index contributed by atoms with van der Waals surface area (Å²) in [6.45, 7) is 3.63. The summed E-state index contributed by atoms with van der Waals surface area (Å²) in [4.78, 5) is 13.5. The normalized spacial score (nSPS) is 29.3. The summed E-state index contributed by atoms with van der Waals surface area (Å²) >= 11 is 0. The van der Waals surface area contributed by atoms with Crippen LogP contribution < -0.4 is 19.7 Å². The van der Waals surface area contributed by atoms with Gasteiger partial charge in [-0.15, -0.1) is 0 Å². The van der Waals surface area contributed by atoms with Gasteiger partial charge in [-0.2, -0.15) is 9.97 Å². The van der Waals surface area contributed by atoms with Crippen LogP contribution >= 0.6 is 0 Å². The number of halogens is 3. The molecule has 0 radical (unpaired) electrons. The van der Waals surface area contributed by atoms with Gasteiger partial charge in [-0.3, -0.25) is 4.90 Å². The third kappa shape index (κ3) is 4.48. The fraction of sp³-hybridized carbons (Fsp3) is 0.500. The quantitative estimate of drug-likeness (QED) is 0.267. The van der Waals surface area contributed by atoms with Crippen molar-refractivity contribution in [3.05, 3.63) is 47.5 Å². The van der Waals surface area contributed by atoms with Crippen LogP contribution in [0.25, 0.3) is 32.8 Å². The molecule has 2 bridgehead atoms. The first kappa shape index (κ1) is 30.2. The van der Waals surface area contributed by atoms with E-state index in [1.54, 1.807) is 6.07 Å². The summed E-state index contributed by atoms with van der Waals surface area (Å²) < 4.78 is 61.5. The Hall–Kier alpha value is -3.87. The van der Waals surface area contributed by atoms with Crippen molar-refractivity contribution < 1.29 is 32.9 Å². The minimum atomic E-state index is -1.01. The van der Waals surface area contributed by atoms with Crippen molar-refractivity contribution in [1.29, 1.82) is 0 Å². The average molecular weight is 662 g/mol. The summed E-state index contributed by atoms with van der Waals surface area (Å²) in [6.07, 6.45) is 2.33. The van der Waals surface area contributed by atoms with E-state index in [1.807, 2.05) is 30.0 Å². The second kappa shape index (κ2) is 11.1. The number of aliphatic hydroxyl groups excluding tert-OH is 1. The lowest BCUT2D eigenvalue weighted by Crippen LogP contribution is -2.60. The molecule has 1 aromatic heterocycles. The van der Waals surface area contributed by atoms with Crippen LogP contribution in [0, 0.1) is 17.6 Å². The van der Waals surface area contributed by atoms with Crippen LogP contribution in [-0.4, -0.2) is 94.4 Å². The molecule has 3 N–H and O–H groups in total. The standard InChI is InChI=1S/C36H38F3N5O4/c1-2-19-4-3-5-20-8-23(46)9-24(27(19)20)28-30(38)32-29-33(31(28)39)47-16-26-25-7-6-22(40-25)14-44(26)34(29)42-35(41-32)48-17-36-10-18(15-45)12-43(36)13-21(37)11-36/h3-5,8-9,18,21-22,25-26,40,45-46H,2,6-7,10-17H2,1H3/t18-,21+,22?,25?,26?,36+/m0/s1. The molecule has 252 valence electrons. The lowest BCUT2D eigenvalue weighted by molar-refractivity contribution is 0.107. The Bertz CT molecular complexity index is 1960. The highest BCUT2D eigenvalue weighted by Crippen LogP contribution is 2.49. The van der Waals surface area contributed by atoms with Gasteiger partial charge in [0.2, 0.25) is 0 Å². The topological polar surface area (TPSA) is 103 Å². The van der Waals surface area contributed by atoms with E-state index in [0.29, 0.717) is 42.5 Å². The van der Waals surface area contributed by atoms with Crippen LogP contribution in [0.15, 0.2) is 30.3 Å². The molecular formula is C36H38F3N5O4. The van der Waals surface area contributed by atoms with Gasteiger partial charge in [-0.1, -0.05) is 25.1 Å². The number of nitrogens with zero attached hydrogens (tertiary/aromatic N) is 4. The molecule has 9 rings (SSSR count). The van der Waals surface area contributed by atoms with Gasteiger partial charge < -0.3 is 29.9 Å². The molecule has 4 aromatic rings. The molecular weight excluding hydrogens is 623 g/mol. The first-order valence-corrected chi connectivity index (χ1v) is 17.0. The van der Waals surface area contributed by atoms with Gasteiger partial charge in [0.25, 0.3) is 0 Å². The minimum absolute atomic E-state index is 0.00431. The van der Waals surface area contributed by atoms with Crippen molar-refractivity contribution >= 4 is 27.5 Å². The van der Waals surface area contributed by atoms with Gasteiger partial charge in [0, 0.05) is 44.7 Å². The molecule has 4 fully saturated rings. The highest BCUT2D eigenvalue weighted by atomic mass is 19.1. The van der Waals surface area contributed by atoms with Crippen LogP contribution in [0.4, 0.5) is 19.0 Å². The highest BCUT2D eigenvalue weighted by Gasteiger charge is 2.53. The Morgan fingerprint density at radius 3 is 2.79 bits per heavy atom. The molecule has 3 aromatic carbocycles. The molecule has 5 aliphatic rings. The monoisotopic (exact) mass is 661 g/mol. The first-order valence-electron chi connectivity index (χ1n) is 17.0. The van der Waals surface area contributed by atoms with E-state index >= 15 is 8.78 Å². The number of alkyl halides is 1. The fourth-order valence-electron chi connectivity index (χ4n) is 9.33. The Morgan fingerprint density at radius 1 is 1.08 bits per heavy atom. The number of phenolic OH excluding ortho intramolecular Hbond substituents is 1. The van der Waals surface area contributed by atoms with E-state index < -0.39 is 23.3 Å². The third-order valence-corrected chi connectivity index (χ3v) is 11.4. The molecule has 3 unspecified atom stereocenters. The lowest BCUT2D eigenvalue weighted by atomic mass is 9.91. The molecule has 0 aliphatic carbocycles. The van der Waals surface area contributed by atoms with Gasteiger partial charge in [0.05, 0.1) is 22.5 Å².